The summed E-state index contributed by atoms with van der Waals surface area (Å²) in [7, 11) is 3.31. The van der Waals surface area contributed by atoms with Crippen LogP contribution in [0.1, 0.15) is 43.2 Å². The number of methoxy groups -OCH3 is 2. The summed E-state index contributed by atoms with van der Waals surface area (Å²) in [5.74, 6) is 1.48. The van der Waals surface area contributed by atoms with E-state index in [-0.39, 0.29) is 5.54 Å². The van der Waals surface area contributed by atoms with Crippen LogP contribution in [0, 0.1) is 6.92 Å². The maximum absolute atomic E-state index is 6.67. The molecule has 1 aromatic rings. The molecule has 2 rings (SSSR count). The Kier molecular flexibility index (Phi) is 4.41. The van der Waals surface area contributed by atoms with Gasteiger partial charge in [-0.15, -0.1) is 0 Å². The molecule has 0 radical (unpaired) electrons. The number of aryl methyl sites for hydroxylation is 1. The first-order valence-electron chi connectivity index (χ1n) is 6.74. The zero-order chi connectivity index (χ0) is 14.0. The molecule has 1 saturated carbocycles. The quantitative estimate of drug-likeness (QED) is 0.915. The Balaban J connectivity index is 2.56. The molecule has 0 atom stereocenters. The predicted octanol–water partition coefficient (Wildman–Crippen LogP) is 3.89. The molecule has 19 heavy (non-hydrogen) atoms. The molecule has 2 N–H and O–H groups in total. The molecule has 1 aromatic carbocycles. The fourth-order valence-electron chi connectivity index (χ4n) is 3.11. The molecule has 0 spiro atoms. The van der Waals surface area contributed by atoms with Crippen LogP contribution in [0.3, 0.4) is 0 Å². The van der Waals surface area contributed by atoms with Crippen LogP contribution in [0.15, 0.2) is 10.5 Å². The van der Waals surface area contributed by atoms with Crippen molar-refractivity contribution in [2.45, 2.75) is 44.6 Å². The molecule has 1 aliphatic rings. The Hall–Kier alpha value is -0.740. The highest BCUT2D eigenvalue weighted by atomic mass is 79.9. The average molecular weight is 328 g/mol. The van der Waals surface area contributed by atoms with Gasteiger partial charge in [0.2, 0.25) is 0 Å². The van der Waals surface area contributed by atoms with Crippen LogP contribution in [0.2, 0.25) is 0 Å². The number of benzene rings is 1. The molecule has 1 fully saturated rings. The standard InChI is InChI=1S/C15H22BrNO2/c1-10-9-11(18-2)14(19-3)13(16)12(10)15(17)7-5-4-6-8-15/h9H,4-8,17H2,1-3H3. The topological polar surface area (TPSA) is 44.5 Å². The summed E-state index contributed by atoms with van der Waals surface area (Å²) in [6, 6.07) is 2.02. The minimum Gasteiger partial charge on any atom is -0.493 e. The second-order valence-electron chi connectivity index (χ2n) is 5.33. The van der Waals surface area contributed by atoms with Gasteiger partial charge in [-0.1, -0.05) is 19.3 Å². The molecule has 1 aliphatic carbocycles. The van der Waals surface area contributed by atoms with Gasteiger partial charge in [0.05, 0.1) is 18.7 Å². The minimum atomic E-state index is -0.249. The van der Waals surface area contributed by atoms with Crippen molar-refractivity contribution in [3.63, 3.8) is 0 Å². The van der Waals surface area contributed by atoms with Gasteiger partial charge >= 0.3 is 0 Å². The first kappa shape index (κ1) is 14.7. The van der Waals surface area contributed by atoms with Crippen LogP contribution in [-0.2, 0) is 5.54 Å². The molecule has 0 heterocycles. The lowest BCUT2D eigenvalue weighted by Crippen LogP contribution is -2.39. The largest absolute Gasteiger partial charge is 0.493 e. The molecule has 0 unspecified atom stereocenters. The highest BCUT2D eigenvalue weighted by Gasteiger charge is 2.34. The average Bonchev–Trinajstić information content (AvgIpc) is 2.38. The van der Waals surface area contributed by atoms with Gasteiger partial charge in [-0.2, -0.15) is 0 Å². The van der Waals surface area contributed by atoms with Crippen LogP contribution in [0.5, 0.6) is 11.5 Å². The molecule has 0 amide bonds. The summed E-state index contributed by atoms with van der Waals surface area (Å²) in [6.45, 7) is 2.09. The molecular weight excluding hydrogens is 306 g/mol. The van der Waals surface area contributed by atoms with Crippen molar-refractivity contribution in [2.24, 2.45) is 5.73 Å². The highest BCUT2D eigenvalue weighted by molar-refractivity contribution is 9.10. The zero-order valence-electron chi connectivity index (χ0n) is 11.9. The van der Waals surface area contributed by atoms with Crippen molar-refractivity contribution in [3.05, 3.63) is 21.7 Å². The van der Waals surface area contributed by atoms with Gasteiger partial charge in [-0.25, -0.2) is 0 Å². The molecular formula is C15H22BrNO2. The highest BCUT2D eigenvalue weighted by Crippen LogP contribution is 2.46. The first-order valence-corrected chi connectivity index (χ1v) is 7.53. The van der Waals surface area contributed by atoms with E-state index in [1.807, 2.05) is 6.07 Å². The Bertz CT molecular complexity index is 468. The van der Waals surface area contributed by atoms with Crippen molar-refractivity contribution < 1.29 is 9.47 Å². The fraction of sp³-hybridized carbons (Fsp3) is 0.600. The second kappa shape index (κ2) is 5.71. The zero-order valence-corrected chi connectivity index (χ0v) is 13.5. The Morgan fingerprint density at radius 2 is 1.79 bits per heavy atom. The molecule has 0 saturated heterocycles. The predicted molar refractivity (Wildman–Crippen MR) is 80.9 cm³/mol. The summed E-state index contributed by atoms with van der Waals surface area (Å²) in [5.41, 5.74) is 8.75. The number of rotatable bonds is 3. The minimum absolute atomic E-state index is 0.249. The van der Waals surface area contributed by atoms with E-state index in [0.29, 0.717) is 0 Å². The van der Waals surface area contributed by atoms with Crippen LogP contribution in [0.4, 0.5) is 0 Å². The summed E-state index contributed by atoms with van der Waals surface area (Å²) in [5, 5.41) is 0. The lowest BCUT2D eigenvalue weighted by molar-refractivity contribution is 0.296. The molecule has 4 heteroatoms. The van der Waals surface area contributed by atoms with Crippen LogP contribution < -0.4 is 15.2 Å². The Morgan fingerprint density at radius 1 is 1.16 bits per heavy atom. The van der Waals surface area contributed by atoms with E-state index in [9.17, 15) is 0 Å². The number of nitrogens with two attached hydrogens (primary N) is 1. The lowest BCUT2D eigenvalue weighted by Gasteiger charge is -2.36. The maximum atomic E-state index is 6.67. The normalized spacial score (nSPS) is 18.2. The summed E-state index contributed by atoms with van der Waals surface area (Å²) in [6.07, 6.45) is 5.72. The summed E-state index contributed by atoms with van der Waals surface area (Å²) in [4.78, 5) is 0. The SMILES string of the molecule is COc1cc(C)c(C2(N)CCCCC2)c(Br)c1OC. The summed E-state index contributed by atoms with van der Waals surface area (Å²) < 4.78 is 11.8. The van der Waals surface area contributed by atoms with E-state index >= 15 is 0 Å². The number of hydrogen-bond acceptors (Lipinski definition) is 3. The van der Waals surface area contributed by atoms with Gasteiger partial charge in [0.1, 0.15) is 0 Å². The van der Waals surface area contributed by atoms with E-state index in [2.05, 4.69) is 22.9 Å². The monoisotopic (exact) mass is 327 g/mol. The third kappa shape index (κ3) is 2.61. The summed E-state index contributed by atoms with van der Waals surface area (Å²) >= 11 is 3.67. The molecule has 0 bridgehead atoms. The van der Waals surface area contributed by atoms with E-state index < -0.39 is 0 Å². The van der Waals surface area contributed by atoms with E-state index in [1.54, 1.807) is 14.2 Å². The number of hydrogen-bond donors (Lipinski definition) is 1. The Morgan fingerprint density at radius 3 is 2.32 bits per heavy atom. The number of halogens is 1. The third-order valence-electron chi connectivity index (χ3n) is 4.05. The van der Waals surface area contributed by atoms with Crippen LogP contribution >= 0.6 is 15.9 Å². The van der Waals surface area contributed by atoms with Gasteiger partial charge in [0, 0.05) is 5.54 Å². The maximum Gasteiger partial charge on any atom is 0.175 e. The third-order valence-corrected chi connectivity index (χ3v) is 4.81. The van der Waals surface area contributed by atoms with E-state index in [0.717, 1.165) is 34.4 Å². The van der Waals surface area contributed by atoms with Crippen molar-refractivity contribution >= 4 is 15.9 Å². The van der Waals surface area contributed by atoms with Crippen molar-refractivity contribution in [2.75, 3.05) is 14.2 Å². The Labute approximate surface area is 123 Å². The number of ether oxygens (including phenoxy) is 2. The van der Waals surface area contributed by atoms with Gasteiger partial charge in [-0.3, -0.25) is 0 Å². The van der Waals surface area contributed by atoms with Crippen molar-refractivity contribution in [1.82, 2.24) is 0 Å². The van der Waals surface area contributed by atoms with Crippen molar-refractivity contribution in [1.29, 1.82) is 0 Å². The fourth-order valence-corrected chi connectivity index (χ4v) is 4.18. The first-order chi connectivity index (χ1) is 9.03. The lowest BCUT2D eigenvalue weighted by atomic mass is 9.76. The van der Waals surface area contributed by atoms with Gasteiger partial charge < -0.3 is 15.2 Å². The molecule has 0 aliphatic heterocycles. The van der Waals surface area contributed by atoms with Crippen LogP contribution in [0.25, 0.3) is 0 Å². The van der Waals surface area contributed by atoms with Crippen LogP contribution in [-0.4, -0.2) is 14.2 Å². The van der Waals surface area contributed by atoms with E-state index in [4.69, 9.17) is 15.2 Å². The van der Waals surface area contributed by atoms with Gasteiger partial charge in [0.15, 0.2) is 11.5 Å². The van der Waals surface area contributed by atoms with E-state index in [1.165, 1.54) is 24.8 Å². The molecule has 0 aromatic heterocycles. The van der Waals surface area contributed by atoms with Gasteiger partial charge in [-0.05, 0) is 52.9 Å². The van der Waals surface area contributed by atoms with Gasteiger partial charge in [0.25, 0.3) is 0 Å². The molecule has 106 valence electrons. The molecule has 3 nitrogen and oxygen atoms in total. The second-order valence-corrected chi connectivity index (χ2v) is 6.13. The van der Waals surface area contributed by atoms with Crippen molar-refractivity contribution in [3.8, 4) is 11.5 Å². The smallest absolute Gasteiger partial charge is 0.175 e.